The number of nitrogens with one attached hydrogen (secondary N) is 1. The Hall–Kier alpha value is -3.36. The maximum absolute atomic E-state index is 13.2. The Bertz CT molecular complexity index is 1300. The van der Waals surface area contributed by atoms with Gasteiger partial charge in [-0.3, -0.25) is 10.1 Å². The molecule has 1 N–H and O–H groups in total. The number of benzene rings is 1. The van der Waals surface area contributed by atoms with Crippen LogP contribution >= 0.6 is 11.5 Å². The van der Waals surface area contributed by atoms with Crippen molar-refractivity contribution >= 4 is 38.5 Å². The molecule has 1 aromatic carbocycles. The molecule has 0 saturated carbocycles. The second-order valence-electron chi connectivity index (χ2n) is 6.42. The topological polar surface area (TPSA) is 118 Å². The van der Waals surface area contributed by atoms with Crippen LogP contribution in [0, 0.1) is 31.0 Å². The van der Waals surface area contributed by atoms with Crippen LogP contribution in [0.1, 0.15) is 17.0 Å². The van der Waals surface area contributed by atoms with Crippen LogP contribution in [0.3, 0.4) is 0 Å². The van der Waals surface area contributed by atoms with Gasteiger partial charge in [-0.15, -0.1) is 0 Å². The molecule has 11 heteroatoms. The highest BCUT2D eigenvalue weighted by Gasteiger charge is 2.18. The molecule has 0 bridgehead atoms. The summed E-state index contributed by atoms with van der Waals surface area (Å²) in [4.78, 5) is 16.2. The first-order chi connectivity index (χ1) is 14.1. The summed E-state index contributed by atoms with van der Waals surface area (Å²) in [5, 5.41) is 11.4. The van der Waals surface area contributed by atoms with Gasteiger partial charge in [-0.25, -0.2) is 12.8 Å². The highest BCUT2D eigenvalue weighted by molar-refractivity contribution is 7.90. The van der Waals surface area contributed by atoms with E-state index in [4.69, 9.17) is 0 Å². The SMILES string of the molecule is Cc1cc(C=C(C#N)C(=O)Nc2nc(S(C)(=O)=O)ns2)c(C)n1-c1ccc(F)cc1. The first-order valence-electron chi connectivity index (χ1n) is 8.52. The van der Waals surface area contributed by atoms with Crippen LogP contribution in [0.2, 0.25) is 0 Å². The molecule has 3 aromatic rings. The quantitative estimate of drug-likeness (QED) is 0.476. The van der Waals surface area contributed by atoms with E-state index >= 15 is 0 Å². The maximum atomic E-state index is 13.2. The van der Waals surface area contributed by atoms with Crippen molar-refractivity contribution in [2.45, 2.75) is 19.0 Å². The van der Waals surface area contributed by atoms with Gasteiger partial charge in [-0.2, -0.15) is 14.6 Å². The summed E-state index contributed by atoms with van der Waals surface area (Å²) < 4.78 is 41.7. The number of carbonyl (C=O) groups excluding carboxylic acids is 1. The third-order valence-electron chi connectivity index (χ3n) is 4.18. The summed E-state index contributed by atoms with van der Waals surface area (Å²) in [5.41, 5.74) is 2.79. The molecule has 0 aliphatic carbocycles. The van der Waals surface area contributed by atoms with Gasteiger partial charge in [0.1, 0.15) is 17.5 Å². The highest BCUT2D eigenvalue weighted by atomic mass is 32.2. The lowest BCUT2D eigenvalue weighted by molar-refractivity contribution is -0.112. The molecule has 0 radical (unpaired) electrons. The van der Waals surface area contributed by atoms with Crippen LogP contribution in [0.5, 0.6) is 0 Å². The largest absolute Gasteiger partial charge is 0.318 e. The van der Waals surface area contributed by atoms with Gasteiger partial charge in [-0.1, -0.05) is 0 Å². The molecular weight excluding hydrogens is 429 g/mol. The van der Waals surface area contributed by atoms with Crippen LogP contribution in [0.25, 0.3) is 11.8 Å². The third kappa shape index (κ3) is 4.45. The molecule has 30 heavy (non-hydrogen) atoms. The van der Waals surface area contributed by atoms with Crippen molar-refractivity contribution in [1.82, 2.24) is 13.9 Å². The van der Waals surface area contributed by atoms with Crippen molar-refractivity contribution in [1.29, 1.82) is 5.26 Å². The van der Waals surface area contributed by atoms with Gasteiger partial charge in [0.25, 0.3) is 11.1 Å². The number of aryl methyl sites for hydroxylation is 1. The van der Waals surface area contributed by atoms with Gasteiger partial charge < -0.3 is 4.57 Å². The molecular formula is C19H16FN5O3S2. The molecule has 2 heterocycles. The van der Waals surface area contributed by atoms with E-state index in [0.29, 0.717) is 17.1 Å². The van der Waals surface area contributed by atoms with Crippen molar-refractivity contribution in [3.05, 3.63) is 58.7 Å². The average molecular weight is 446 g/mol. The zero-order valence-electron chi connectivity index (χ0n) is 16.2. The van der Waals surface area contributed by atoms with Crippen molar-refractivity contribution in [3.63, 3.8) is 0 Å². The Morgan fingerprint density at radius 3 is 2.53 bits per heavy atom. The van der Waals surface area contributed by atoms with Crippen LogP contribution in [-0.4, -0.2) is 34.5 Å². The van der Waals surface area contributed by atoms with E-state index in [2.05, 4.69) is 14.7 Å². The Labute approximate surface area is 176 Å². The van der Waals surface area contributed by atoms with E-state index in [0.717, 1.165) is 23.3 Å². The van der Waals surface area contributed by atoms with E-state index in [1.54, 1.807) is 18.2 Å². The van der Waals surface area contributed by atoms with E-state index in [9.17, 15) is 22.9 Å². The van der Waals surface area contributed by atoms with Gasteiger partial charge in [0, 0.05) is 34.9 Å². The summed E-state index contributed by atoms with van der Waals surface area (Å²) >= 11 is 0.703. The molecule has 0 aliphatic heterocycles. The van der Waals surface area contributed by atoms with Crippen LogP contribution in [-0.2, 0) is 14.6 Å². The van der Waals surface area contributed by atoms with Crippen LogP contribution < -0.4 is 5.32 Å². The molecule has 0 aliphatic rings. The van der Waals surface area contributed by atoms with Gasteiger partial charge in [-0.05, 0) is 55.8 Å². The molecule has 8 nitrogen and oxygen atoms in total. The summed E-state index contributed by atoms with van der Waals surface area (Å²) in [6.45, 7) is 3.67. The zero-order chi connectivity index (χ0) is 22.1. The fourth-order valence-corrected chi connectivity index (χ4v) is 4.24. The van der Waals surface area contributed by atoms with E-state index in [-0.39, 0.29) is 16.5 Å². The molecule has 0 unspecified atom stereocenters. The lowest BCUT2D eigenvalue weighted by atomic mass is 10.1. The number of nitriles is 1. The summed E-state index contributed by atoms with van der Waals surface area (Å²) in [5.74, 6) is -1.08. The number of hydrogen-bond donors (Lipinski definition) is 1. The Morgan fingerprint density at radius 2 is 1.97 bits per heavy atom. The number of hydrogen-bond acceptors (Lipinski definition) is 7. The van der Waals surface area contributed by atoms with Gasteiger partial charge in [0.15, 0.2) is 0 Å². The minimum atomic E-state index is -3.60. The first kappa shape index (κ1) is 21.4. The second-order valence-corrected chi connectivity index (χ2v) is 9.08. The fraction of sp³-hybridized carbons (Fsp3) is 0.158. The fourth-order valence-electron chi connectivity index (χ4n) is 2.80. The Morgan fingerprint density at radius 1 is 1.30 bits per heavy atom. The third-order valence-corrected chi connectivity index (χ3v) is 5.77. The summed E-state index contributed by atoms with van der Waals surface area (Å²) in [6.07, 6.45) is 2.38. The standard InChI is InChI=1S/C19H16FN5O3S2/c1-11-8-13(12(2)25(11)16-6-4-15(20)5-7-16)9-14(10-21)17(26)22-18-23-19(24-29-18)30(3,27)28/h4-9H,1-3H3,(H,22,23,24,26). The highest BCUT2D eigenvalue weighted by Crippen LogP contribution is 2.23. The smallest absolute Gasteiger partial charge is 0.268 e. The number of aromatic nitrogens is 3. The number of rotatable bonds is 5. The molecule has 2 aromatic heterocycles. The summed E-state index contributed by atoms with van der Waals surface area (Å²) in [6, 6.07) is 9.61. The molecule has 0 spiro atoms. The average Bonchev–Trinajstić information content (AvgIpc) is 3.25. The summed E-state index contributed by atoms with van der Waals surface area (Å²) in [7, 11) is -3.60. The minimum absolute atomic E-state index is 0.0293. The number of sulfone groups is 1. The predicted molar refractivity (Wildman–Crippen MR) is 110 cm³/mol. The van der Waals surface area contributed by atoms with Gasteiger partial charge in [0.05, 0.1) is 0 Å². The van der Waals surface area contributed by atoms with Crippen LogP contribution in [0.15, 0.2) is 41.1 Å². The lowest BCUT2D eigenvalue weighted by Crippen LogP contribution is -2.13. The minimum Gasteiger partial charge on any atom is -0.318 e. The monoisotopic (exact) mass is 445 g/mol. The lowest BCUT2D eigenvalue weighted by Gasteiger charge is -2.09. The van der Waals surface area contributed by atoms with Crippen molar-refractivity contribution in [2.24, 2.45) is 0 Å². The van der Waals surface area contributed by atoms with Crippen LogP contribution in [0.4, 0.5) is 9.52 Å². The number of anilines is 1. The molecule has 0 fully saturated rings. The van der Waals surface area contributed by atoms with Crippen molar-refractivity contribution < 1.29 is 17.6 Å². The normalized spacial score (nSPS) is 11.9. The van der Waals surface area contributed by atoms with E-state index in [1.165, 1.54) is 18.2 Å². The molecule has 0 saturated heterocycles. The van der Waals surface area contributed by atoms with E-state index < -0.39 is 20.9 Å². The number of carbonyl (C=O) groups is 1. The van der Waals surface area contributed by atoms with Crippen molar-refractivity contribution in [2.75, 3.05) is 11.6 Å². The molecule has 3 rings (SSSR count). The van der Waals surface area contributed by atoms with Gasteiger partial charge >= 0.3 is 0 Å². The predicted octanol–water partition coefficient (Wildman–Crippen LogP) is 3.03. The number of halogens is 1. The number of amides is 1. The molecule has 154 valence electrons. The molecule has 0 atom stereocenters. The van der Waals surface area contributed by atoms with Gasteiger partial charge in [0.2, 0.25) is 15.0 Å². The second kappa shape index (κ2) is 8.17. The van der Waals surface area contributed by atoms with Crippen molar-refractivity contribution in [3.8, 4) is 11.8 Å². The Kier molecular flexibility index (Phi) is 5.82. The maximum Gasteiger partial charge on any atom is 0.268 e. The zero-order valence-corrected chi connectivity index (χ0v) is 17.8. The van der Waals surface area contributed by atoms with E-state index in [1.807, 2.05) is 24.5 Å². The molecule has 1 amide bonds. The first-order valence-corrected chi connectivity index (χ1v) is 11.2. The number of nitrogens with zero attached hydrogens (tertiary/aromatic N) is 4. The Balaban J connectivity index is 1.90.